The van der Waals surface area contributed by atoms with Gasteiger partial charge in [0, 0.05) is 19.2 Å². The van der Waals surface area contributed by atoms with Gasteiger partial charge in [-0.1, -0.05) is 11.8 Å². The first-order valence-electron chi connectivity index (χ1n) is 4.83. The summed E-state index contributed by atoms with van der Waals surface area (Å²) in [6.45, 7) is 0. The second-order valence-electron chi connectivity index (χ2n) is 3.35. The lowest BCUT2D eigenvalue weighted by molar-refractivity contribution is 0.355. The van der Waals surface area contributed by atoms with Crippen LogP contribution in [0.3, 0.4) is 0 Å². The molecule has 0 bridgehead atoms. The average molecular weight is 275 g/mol. The van der Waals surface area contributed by atoms with Gasteiger partial charge in [-0.15, -0.1) is 12.4 Å². The van der Waals surface area contributed by atoms with E-state index >= 15 is 0 Å². The molecule has 0 amide bonds. The van der Waals surface area contributed by atoms with Gasteiger partial charge in [-0.25, -0.2) is 4.98 Å². The third kappa shape index (κ3) is 2.30. The van der Waals surface area contributed by atoms with Crippen molar-refractivity contribution in [2.24, 2.45) is 7.05 Å². The molecule has 17 heavy (non-hydrogen) atoms. The van der Waals surface area contributed by atoms with Crippen molar-refractivity contribution in [2.45, 2.75) is 5.16 Å². The standard InChI is InChI=1S/C11H14N2O2S.ClH/c1-13-8-6-10(15-3)9(14-2)5-7(8)12-11(13)16-4;/h5-6H,1-4H3;1H. The summed E-state index contributed by atoms with van der Waals surface area (Å²) in [7, 11) is 5.25. The molecule has 0 fully saturated rings. The minimum atomic E-state index is 0. The highest BCUT2D eigenvalue weighted by atomic mass is 35.5. The number of fused-ring (bicyclic) bond motifs is 1. The van der Waals surface area contributed by atoms with Crippen LogP contribution in [-0.4, -0.2) is 30.0 Å². The number of nitrogens with zero attached hydrogens (tertiary/aromatic N) is 2. The van der Waals surface area contributed by atoms with Crippen molar-refractivity contribution >= 4 is 35.2 Å². The Bertz CT molecular complexity index is 528. The number of imidazole rings is 1. The number of methoxy groups -OCH3 is 2. The van der Waals surface area contributed by atoms with Crippen LogP contribution in [0.15, 0.2) is 17.3 Å². The second-order valence-corrected chi connectivity index (χ2v) is 4.13. The van der Waals surface area contributed by atoms with Crippen LogP contribution < -0.4 is 9.47 Å². The Labute approximate surface area is 111 Å². The zero-order chi connectivity index (χ0) is 11.7. The summed E-state index contributed by atoms with van der Waals surface area (Å²) in [5.41, 5.74) is 1.96. The number of aromatic nitrogens is 2. The van der Waals surface area contributed by atoms with Gasteiger partial charge in [0.25, 0.3) is 0 Å². The molecule has 0 N–H and O–H groups in total. The number of thioether (sulfide) groups is 1. The lowest BCUT2D eigenvalue weighted by Gasteiger charge is -2.07. The van der Waals surface area contributed by atoms with Gasteiger partial charge >= 0.3 is 0 Å². The van der Waals surface area contributed by atoms with Gasteiger partial charge in [-0.05, 0) is 6.26 Å². The largest absolute Gasteiger partial charge is 0.493 e. The zero-order valence-electron chi connectivity index (χ0n) is 10.2. The van der Waals surface area contributed by atoms with Crippen LogP contribution in [0.5, 0.6) is 11.5 Å². The van der Waals surface area contributed by atoms with Crippen LogP contribution in [0, 0.1) is 0 Å². The van der Waals surface area contributed by atoms with Gasteiger partial charge in [0.05, 0.1) is 25.3 Å². The fourth-order valence-corrected chi connectivity index (χ4v) is 2.24. The molecule has 6 heteroatoms. The van der Waals surface area contributed by atoms with Crippen LogP contribution in [0.2, 0.25) is 0 Å². The van der Waals surface area contributed by atoms with Gasteiger partial charge in [0.15, 0.2) is 16.7 Å². The van der Waals surface area contributed by atoms with E-state index < -0.39 is 0 Å². The molecule has 1 aromatic heterocycles. The summed E-state index contributed by atoms with van der Waals surface area (Å²) >= 11 is 1.62. The van der Waals surface area contributed by atoms with Gasteiger partial charge in [-0.3, -0.25) is 0 Å². The first-order chi connectivity index (χ1) is 7.71. The molecule has 0 radical (unpaired) electrons. The Morgan fingerprint density at radius 3 is 2.29 bits per heavy atom. The summed E-state index contributed by atoms with van der Waals surface area (Å²) in [6.07, 6.45) is 2.01. The molecule has 2 rings (SSSR count). The van der Waals surface area contributed by atoms with E-state index in [1.165, 1.54) is 0 Å². The van der Waals surface area contributed by atoms with Gasteiger partial charge in [-0.2, -0.15) is 0 Å². The van der Waals surface area contributed by atoms with Crippen LogP contribution in [0.25, 0.3) is 11.0 Å². The highest BCUT2D eigenvalue weighted by Gasteiger charge is 2.12. The van der Waals surface area contributed by atoms with Crippen molar-refractivity contribution < 1.29 is 9.47 Å². The van der Waals surface area contributed by atoms with Gasteiger partial charge < -0.3 is 14.0 Å². The SMILES string of the molecule is COc1cc2nc(SC)n(C)c2cc1OC.Cl. The fraction of sp³-hybridized carbons (Fsp3) is 0.364. The Morgan fingerprint density at radius 2 is 1.76 bits per heavy atom. The maximum atomic E-state index is 5.27. The Balaban J connectivity index is 0.00000144. The third-order valence-electron chi connectivity index (χ3n) is 2.53. The maximum Gasteiger partial charge on any atom is 0.168 e. The van der Waals surface area contributed by atoms with E-state index in [0.29, 0.717) is 5.75 Å². The summed E-state index contributed by atoms with van der Waals surface area (Å²) in [5, 5.41) is 0.977. The molecule has 2 aromatic rings. The van der Waals surface area contributed by atoms with E-state index in [0.717, 1.165) is 21.9 Å². The molecular weight excluding hydrogens is 260 g/mol. The molecule has 0 unspecified atom stereocenters. The van der Waals surface area contributed by atoms with Crippen molar-refractivity contribution in [2.75, 3.05) is 20.5 Å². The minimum absolute atomic E-state index is 0. The van der Waals surface area contributed by atoms with Crippen molar-refractivity contribution in [3.8, 4) is 11.5 Å². The number of aryl methyl sites for hydroxylation is 1. The average Bonchev–Trinajstić information content (AvgIpc) is 2.63. The quantitative estimate of drug-likeness (QED) is 0.807. The molecule has 4 nitrogen and oxygen atoms in total. The van der Waals surface area contributed by atoms with Gasteiger partial charge in [0.1, 0.15) is 0 Å². The molecule has 0 saturated heterocycles. The molecule has 94 valence electrons. The van der Waals surface area contributed by atoms with E-state index in [4.69, 9.17) is 9.47 Å². The van der Waals surface area contributed by atoms with Gasteiger partial charge in [0.2, 0.25) is 0 Å². The molecular formula is C11H15ClN2O2S. The zero-order valence-corrected chi connectivity index (χ0v) is 11.8. The van der Waals surface area contributed by atoms with Crippen LogP contribution >= 0.6 is 24.2 Å². The highest BCUT2D eigenvalue weighted by molar-refractivity contribution is 7.98. The number of ether oxygens (including phenoxy) is 2. The van der Waals surface area contributed by atoms with Crippen molar-refractivity contribution in [1.29, 1.82) is 0 Å². The predicted octanol–water partition coefficient (Wildman–Crippen LogP) is 2.73. The van der Waals surface area contributed by atoms with E-state index in [-0.39, 0.29) is 12.4 Å². The molecule has 0 aliphatic rings. The Morgan fingerprint density at radius 1 is 1.18 bits per heavy atom. The second kappa shape index (κ2) is 5.51. The molecule has 0 atom stereocenters. The molecule has 1 heterocycles. The Kier molecular flexibility index (Phi) is 4.54. The number of hydrogen-bond acceptors (Lipinski definition) is 4. The topological polar surface area (TPSA) is 36.3 Å². The molecule has 0 saturated carbocycles. The molecule has 0 aliphatic heterocycles. The fourth-order valence-electron chi connectivity index (χ4n) is 1.68. The lowest BCUT2D eigenvalue weighted by atomic mass is 10.2. The first kappa shape index (κ1) is 14.0. The summed E-state index contributed by atoms with van der Waals surface area (Å²) in [6, 6.07) is 3.84. The molecule has 1 aromatic carbocycles. The maximum absolute atomic E-state index is 5.27. The minimum Gasteiger partial charge on any atom is -0.493 e. The van der Waals surface area contributed by atoms with Crippen LogP contribution in [0.4, 0.5) is 0 Å². The Hall–Kier alpha value is -1.07. The van der Waals surface area contributed by atoms with Crippen molar-refractivity contribution in [1.82, 2.24) is 9.55 Å². The number of halogens is 1. The smallest absolute Gasteiger partial charge is 0.168 e. The number of benzene rings is 1. The summed E-state index contributed by atoms with van der Waals surface area (Å²) < 4.78 is 12.6. The number of hydrogen-bond donors (Lipinski definition) is 0. The molecule has 0 aliphatic carbocycles. The number of rotatable bonds is 3. The lowest BCUT2D eigenvalue weighted by Crippen LogP contribution is -1.92. The van der Waals surface area contributed by atoms with E-state index in [2.05, 4.69) is 4.98 Å². The predicted molar refractivity (Wildman–Crippen MR) is 72.8 cm³/mol. The van der Waals surface area contributed by atoms with E-state index in [9.17, 15) is 0 Å². The highest BCUT2D eigenvalue weighted by Crippen LogP contribution is 2.33. The first-order valence-corrected chi connectivity index (χ1v) is 6.06. The monoisotopic (exact) mass is 274 g/mol. The molecule has 0 spiro atoms. The third-order valence-corrected chi connectivity index (χ3v) is 3.26. The van der Waals surface area contributed by atoms with Crippen molar-refractivity contribution in [3.05, 3.63) is 12.1 Å². The van der Waals surface area contributed by atoms with Crippen LogP contribution in [0.1, 0.15) is 0 Å². The summed E-state index contributed by atoms with van der Waals surface area (Å²) in [5.74, 6) is 1.44. The van der Waals surface area contributed by atoms with E-state index in [1.54, 1.807) is 26.0 Å². The normalized spacial score (nSPS) is 10.1. The van der Waals surface area contributed by atoms with Crippen molar-refractivity contribution in [3.63, 3.8) is 0 Å². The van der Waals surface area contributed by atoms with Crippen LogP contribution in [-0.2, 0) is 7.05 Å². The van der Waals surface area contributed by atoms with E-state index in [1.807, 2.05) is 30.0 Å². The summed E-state index contributed by atoms with van der Waals surface area (Å²) in [4.78, 5) is 4.51.